The summed E-state index contributed by atoms with van der Waals surface area (Å²) in [5, 5.41) is 9.32. The molecule has 0 radical (unpaired) electrons. The molecule has 0 bridgehead atoms. The lowest BCUT2D eigenvalue weighted by molar-refractivity contribution is -0.113. The third-order valence-corrected chi connectivity index (χ3v) is 1.66. The highest BCUT2D eigenvalue weighted by Gasteiger charge is 2.06. The first-order chi connectivity index (χ1) is 4.95. The number of Topliss-reactive ketones (excluding diaryl/α,β-unsaturated/α-hetero) is 1. The van der Waals surface area contributed by atoms with Crippen molar-refractivity contribution in [3.05, 3.63) is 11.6 Å². The molecule has 0 heterocycles. The van der Waals surface area contributed by atoms with Crippen LogP contribution in [-0.4, -0.2) is 17.0 Å². The van der Waals surface area contributed by atoms with Gasteiger partial charge in [-0.05, 0) is 31.4 Å². The van der Waals surface area contributed by atoms with Gasteiger partial charge < -0.3 is 5.11 Å². The van der Waals surface area contributed by atoms with Crippen LogP contribution in [0.15, 0.2) is 11.6 Å². The second-order valence-corrected chi connectivity index (χ2v) is 3.14. The lowest BCUT2D eigenvalue weighted by Gasteiger charge is -2.09. The SMILES string of the molecule is CC(=O)/C(C)=C/C(O)C(C)C. The molecule has 0 aliphatic rings. The van der Waals surface area contributed by atoms with Crippen LogP contribution in [0.1, 0.15) is 27.7 Å². The number of aliphatic hydroxyl groups excluding tert-OH is 1. The quantitative estimate of drug-likeness (QED) is 0.629. The summed E-state index contributed by atoms with van der Waals surface area (Å²) in [6, 6.07) is 0. The number of aliphatic hydroxyl groups is 1. The smallest absolute Gasteiger partial charge is 0.155 e. The summed E-state index contributed by atoms with van der Waals surface area (Å²) < 4.78 is 0. The topological polar surface area (TPSA) is 37.3 Å². The highest BCUT2D eigenvalue weighted by atomic mass is 16.3. The van der Waals surface area contributed by atoms with Gasteiger partial charge in [-0.1, -0.05) is 13.8 Å². The van der Waals surface area contributed by atoms with Crippen molar-refractivity contribution in [2.24, 2.45) is 5.92 Å². The van der Waals surface area contributed by atoms with E-state index in [0.29, 0.717) is 5.57 Å². The Morgan fingerprint density at radius 1 is 1.36 bits per heavy atom. The van der Waals surface area contributed by atoms with Gasteiger partial charge in [0.25, 0.3) is 0 Å². The molecule has 11 heavy (non-hydrogen) atoms. The zero-order chi connectivity index (χ0) is 9.02. The summed E-state index contributed by atoms with van der Waals surface area (Å²) in [5.41, 5.74) is 0.631. The van der Waals surface area contributed by atoms with E-state index in [1.165, 1.54) is 6.92 Å². The van der Waals surface area contributed by atoms with Gasteiger partial charge in [-0.25, -0.2) is 0 Å². The number of carbonyl (C=O) groups is 1. The number of carbonyl (C=O) groups excluding carboxylic acids is 1. The highest BCUT2D eigenvalue weighted by Crippen LogP contribution is 2.05. The van der Waals surface area contributed by atoms with Crippen molar-refractivity contribution in [2.45, 2.75) is 33.8 Å². The fourth-order valence-electron chi connectivity index (χ4n) is 0.566. The first-order valence-electron chi connectivity index (χ1n) is 3.82. The Labute approximate surface area is 67.9 Å². The first kappa shape index (κ1) is 10.4. The molecule has 1 atom stereocenters. The third-order valence-electron chi connectivity index (χ3n) is 1.66. The minimum atomic E-state index is -0.501. The summed E-state index contributed by atoms with van der Waals surface area (Å²) in [5.74, 6) is 0.189. The van der Waals surface area contributed by atoms with Gasteiger partial charge in [0, 0.05) is 0 Å². The van der Waals surface area contributed by atoms with Gasteiger partial charge in [0.2, 0.25) is 0 Å². The Morgan fingerprint density at radius 2 is 1.82 bits per heavy atom. The number of hydrogen-bond acceptors (Lipinski definition) is 2. The summed E-state index contributed by atoms with van der Waals surface area (Å²) in [6.45, 7) is 7.04. The molecule has 2 heteroatoms. The van der Waals surface area contributed by atoms with Crippen molar-refractivity contribution >= 4 is 5.78 Å². The summed E-state index contributed by atoms with van der Waals surface area (Å²) in [4.78, 5) is 10.7. The Balaban J connectivity index is 4.19. The van der Waals surface area contributed by atoms with Gasteiger partial charge >= 0.3 is 0 Å². The van der Waals surface area contributed by atoms with Crippen LogP contribution >= 0.6 is 0 Å². The van der Waals surface area contributed by atoms with Gasteiger partial charge in [0.15, 0.2) is 5.78 Å². The van der Waals surface area contributed by atoms with E-state index in [-0.39, 0.29) is 11.7 Å². The van der Waals surface area contributed by atoms with E-state index in [1.807, 2.05) is 13.8 Å². The van der Waals surface area contributed by atoms with E-state index in [9.17, 15) is 9.90 Å². The number of rotatable bonds is 3. The van der Waals surface area contributed by atoms with Gasteiger partial charge in [0.1, 0.15) is 0 Å². The molecule has 0 aromatic carbocycles. The molecule has 0 aliphatic heterocycles. The molecule has 0 aromatic heterocycles. The zero-order valence-corrected chi connectivity index (χ0v) is 7.59. The molecule has 0 fully saturated rings. The van der Waals surface area contributed by atoms with Crippen LogP contribution in [-0.2, 0) is 4.79 Å². The summed E-state index contributed by atoms with van der Waals surface area (Å²) in [7, 11) is 0. The number of allylic oxidation sites excluding steroid dienone is 1. The Hall–Kier alpha value is -0.630. The minimum Gasteiger partial charge on any atom is -0.389 e. The fourth-order valence-corrected chi connectivity index (χ4v) is 0.566. The van der Waals surface area contributed by atoms with Gasteiger partial charge in [-0.3, -0.25) is 4.79 Å². The van der Waals surface area contributed by atoms with Crippen molar-refractivity contribution in [1.82, 2.24) is 0 Å². The third kappa shape index (κ3) is 3.94. The van der Waals surface area contributed by atoms with E-state index in [0.717, 1.165) is 0 Å². The van der Waals surface area contributed by atoms with Crippen LogP contribution in [0, 0.1) is 5.92 Å². The van der Waals surface area contributed by atoms with Crippen LogP contribution in [0.25, 0.3) is 0 Å². The van der Waals surface area contributed by atoms with Crippen molar-refractivity contribution in [1.29, 1.82) is 0 Å². The van der Waals surface area contributed by atoms with Gasteiger partial charge in [-0.15, -0.1) is 0 Å². The van der Waals surface area contributed by atoms with E-state index in [2.05, 4.69) is 0 Å². The second kappa shape index (κ2) is 4.29. The molecule has 0 saturated carbocycles. The van der Waals surface area contributed by atoms with Crippen molar-refractivity contribution in [3.8, 4) is 0 Å². The molecule has 1 N–H and O–H groups in total. The maximum absolute atomic E-state index is 10.7. The lowest BCUT2D eigenvalue weighted by atomic mass is 10.0. The molecule has 1 unspecified atom stereocenters. The lowest BCUT2D eigenvalue weighted by Crippen LogP contribution is -2.12. The standard InChI is InChI=1S/C9H16O2/c1-6(2)9(11)5-7(3)8(4)10/h5-6,9,11H,1-4H3/b7-5+. The van der Waals surface area contributed by atoms with E-state index in [4.69, 9.17) is 0 Å². The molecule has 64 valence electrons. The molecule has 2 nitrogen and oxygen atoms in total. The van der Waals surface area contributed by atoms with Gasteiger partial charge in [-0.2, -0.15) is 0 Å². The summed E-state index contributed by atoms with van der Waals surface area (Å²) in [6.07, 6.45) is 1.10. The van der Waals surface area contributed by atoms with E-state index in [1.54, 1.807) is 13.0 Å². The average molecular weight is 156 g/mol. The number of hydrogen-bond donors (Lipinski definition) is 1. The number of ketones is 1. The van der Waals surface area contributed by atoms with Crippen LogP contribution < -0.4 is 0 Å². The van der Waals surface area contributed by atoms with E-state index >= 15 is 0 Å². The monoisotopic (exact) mass is 156 g/mol. The first-order valence-corrected chi connectivity index (χ1v) is 3.82. The molecule has 0 saturated heterocycles. The van der Waals surface area contributed by atoms with Crippen molar-refractivity contribution < 1.29 is 9.90 Å². The maximum Gasteiger partial charge on any atom is 0.155 e. The molecule has 0 spiro atoms. The average Bonchev–Trinajstić information content (AvgIpc) is 1.87. The Kier molecular flexibility index (Phi) is 4.04. The van der Waals surface area contributed by atoms with Gasteiger partial charge in [0.05, 0.1) is 6.10 Å². The molecule has 0 aromatic rings. The van der Waals surface area contributed by atoms with Crippen LogP contribution in [0.5, 0.6) is 0 Å². The largest absolute Gasteiger partial charge is 0.389 e. The normalized spacial score (nSPS) is 15.3. The van der Waals surface area contributed by atoms with Crippen LogP contribution in [0.2, 0.25) is 0 Å². The molecule has 0 aliphatic carbocycles. The maximum atomic E-state index is 10.7. The van der Waals surface area contributed by atoms with Crippen molar-refractivity contribution in [3.63, 3.8) is 0 Å². The highest BCUT2D eigenvalue weighted by molar-refractivity contribution is 5.92. The fraction of sp³-hybridized carbons (Fsp3) is 0.667. The Morgan fingerprint density at radius 3 is 2.09 bits per heavy atom. The van der Waals surface area contributed by atoms with Crippen LogP contribution in [0.3, 0.4) is 0 Å². The molecule has 0 amide bonds. The van der Waals surface area contributed by atoms with Crippen LogP contribution in [0.4, 0.5) is 0 Å². The van der Waals surface area contributed by atoms with Crippen molar-refractivity contribution in [2.75, 3.05) is 0 Å². The second-order valence-electron chi connectivity index (χ2n) is 3.14. The molecular weight excluding hydrogens is 140 g/mol. The minimum absolute atomic E-state index is 0.0182. The summed E-state index contributed by atoms with van der Waals surface area (Å²) >= 11 is 0. The Bertz CT molecular complexity index is 168. The zero-order valence-electron chi connectivity index (χ0n) is 7.59. The predicted molar refractivity (Wildman–Crippen MR) is 45.3 cm³/mol. The molecule has 0 rings (SSSR count). The van der Waals surface area contributed by atoms with E-state index < -0.39 is 6.10 Å². The predicted octanol–water partition coefficient (Wildman–Crippen LogP) is 1.54. The molecular formula is C9H16O2.